The summed E-state index contributed by atoms with van der Waals surface area (Å²) in [4.78, 5) is 44.5. The van der Waals surface area contributed by atoms with Crippen LogP contribution in [0, 0.1) is 0 Å². The highest BCUT2D eigenvalue weighted by molar-refractivity contribution is 7.16. The van der Waals surface area contributed by atoms with Crippen LogP contribution in [0.25, 0.3) is 0 Å². The molecular formula is C26H29N5O4S. The van der Waals surface area contributed by atoms with Gasteiger partial charge in [-0.2, -0.15) is 0 Å². The number of hydrogen-bond donors (Lipinski definition) is 3. The van der Waals surface area contributed by atoms with Crippen molar-refractivity contribution in [1.82, 2.24) is 15.2 Å². The fourth-order valence-electron chi connectivity index (χ4n) is 3.57. The number of pyridine rings is 1. The summed E-state index contributed by atoms with van der Waals surface area (Å²) in [5, 5.41) is 8.91. The van der Waals surface area contributed by atoms with Gasteiger partial charge in [0, 0.05) is 49.0 Å². The summed E-state index contributed by atoms with van der Waals surface area (Å²) in [6, 6.07) is 11.9. The maximum absolute atomic E-state index is 13.4. The topological polar surface area (TPSA) is 113 Å². The Morgan fingerprint density at radius 1 is 1.03 bits per heavy atom. The van der Waals surface area contributed by atoms with Gasteiger partial charge in [0.05, 0.1) is 5.56 Å². The lowest BCUT2D eigenvalue weighted by Crippen LogP contribution is -2.34. The fourth-order valence-corrected chi connectivity index (χ4v) is 4.67. The molecule has 0 radical (unpaired) electrons. The van der Waals surface area contributed by atoms with Crippen molar-refractivity contribution in [1.29, 1.82) is 0 Å². The number of urea groups is 1. The molecule has 10 heteroatoms. The maximum atomic E-state index is 13.4. The Hall–Kier alpha value is -3.92. The van der Waals surface area contributed by atoms with E-state index in [1.165, 1.54) is 11.3 Å². The summed E-state index contributed by atoms with van der Waals surface area (Å²) < 4.78 is 5.75. The van der Waals surface area contributed by atoms with Crippen LogP contribution in [0.3, 0.4) is 0 Å². The monoisotopic (exact) mass is 507 g/mol. The second kappa shape index (κ2) is 10.8. The van der Waals surface area contributed by atoms with Gasteiger partial charge in [0.2, 0.25) is 5.91 Å². The van der Waals surface area contributed by atoms with Gasteiger partial charge in [0.1, 0.15) is 16.5 Å². The van der Waals surface area contributed by atoms with Gasteiger partial charge < -0.3 is 20.3 Å². The van der Waals surface area contributed by atoms with E-state index in [2.05, 4.69) is 41.7 Å². The van der Waals surface area contributed by atoms with E-state index in [0.717, 1.165) is 4.88 Å². The SMILES string of the molecule is CC(C)(C)c1cc(C(=O)N2CCNC(=O)CC2)c(NC(=O)Nc2ccc(Oc3ccncc3)cc2)s1. The number of thiophene rings is 1. The predicted molar refractivity (Wildman–Crippen MR) is 140 cm³/mol. The molecule has 188 valence electrons. The first kappa shape index (κ1) is 25.2. The number of nitrogens with one attached hydrogen (secondary N) is 3. The van der Waals surface area contributed by atoms with E-state index in [4.69, 9.17) is 4.74 Å². The first-order chi connectivity index (χ1) is 17.2. The Morgan fingerprint density at radius 2 is 1.72 bits per heavy atom. The van der Waals surface area contributed by atoms with Gasteiger partial charge in [0.15, 0.2) is 0 Å². The Bertz CT molecular complexity index is 1240. The number of carbonyl (C=O) groups is 3. The minimum atomic E-state index is -0.457. The van der Waals surface area contributed by atoms with Gasteiger partial charge in [-0.3, -0.25) is 19.9 Å². The number of amides is 4. The van der Waals surface area contributed by atoms with E-state index in [9.17, 15) is 14.4 Å². The Balaban J connectivity index is 1.46. The third kappa shape index (κ3) is 6.39. The molecule has 3 heterocycles. The maximum Gasteiger partial charge on any atom is 0.324 e. The lowest BCUT2D eigenvalue weighted by atomic mass is 9.94. The molecule has 0 unspecified atom stereocenters. The Morgan fingerprint density at radius 3 is 2.42 bits per heavy atom. The molecule has 1 aliphatic heterocycles. The first-order valence-corrected chi connectivity index (χ1v) is 12.5. The van der Waals surface area contributed by atoms with Crippen LogP contribution < -0.4 is 20.7 Å². The van der Waals surface area contributed by atoms with Crippen molar-refractivity contribution < 1.29 is 19.1 Å². The second-order valence-corrected chi connectivity index (χ2v) is 10.4. The number of hydrogen-bond acceptors (Lipinski definition) is 6. The largest absolute Gasteiger partial charge is 0.457 e. The lowest BCUT2D eigenvalue weighted by Gasteiger charge is -2.20. The molecule has 0 saturated carbocycles. The van der Waals surface area contributed by atoms with E-state index >= 15 is 0 Å². The number of benzene rings is 1. The molecule has 3 aromatic rings. The van der Waals surface area contributed by atoms with Gasteiger partial charge in [-0.25, -0.2) is 4.79 Å². The molecule has 4 rings (SSSR count). The zero-order valence-corrected chi connectivity index (χ0v) is 21.3. The molecule has 0 aliphatic carbocycles. The van der Waals surface area contributed by atoms with Crippen molar-refractivity contribution in [3.63, 3.8) is 0 Å². The van der Waals surface area contributed by atoms with Crippen LogP contribution in [0.1, 0.15) is 42.4 Å². The summed E-state index contributed by atoms with van der Waals surface area (Å²) >= 11 is 1.38. The van der Waals surface area contributed by atoms with Gasteiger partial charge in [-0.05, 0) is 47.9 Å². The van der Waals surface area contributed by atoms with Gasteiger partial charge in [0.25, 0.3) is 5.91 Å². The van der Waals surface area contributed by atoms with Crippen LogP contribution in [-0.2, 0) is 10.2 Å². The molecular weight excluding hydrogens is 478 g/mol. The van der Waals surface area contributed by atoms with Crippen LogP contribution in [0.4, 0.5) is 15.5 Å². The highest BCUT2D eigenvalue weighted by Gasteiger charge is 2.27. The summed E-state index contributed by atoms with van der Waals surface area (Å²) in [7, 11) is 0. The molecule has 9 nitrogen and oxygen atoms in total. The molecule has 1 aliphatic rings. The quantitative estimate of drug-likeness (QED) is 0.458. The van der Waals surface area contributed by atoms with E-state index in [0.29, 0.717) is 47.4 Å². The average Bonchev–Trinajstić information content (AvgIpc) is 3.14. The fraction of sp³-hybridized carbons (Fsp3) is 0.308. The molecule has 1 aromatic carbocycles. The van der Waals surface area contributed by atoms with E-state index < -0.39 is 6.03 Å². The highest BCUT2D eigenvalue weighted by atomic mass is 32.1. The molecule has 1 saturated heterocycles. The Kier molecular flexibility index (Phi) is 7.54. The lowest BCUT2D eigenvalue weighted by molar-refractivity contribution is -0.120. The number of carbonyl (C=O) groups excluding carboxylic acids is 3. The van der Waals surface area contributed by atoms with Crippen molar-refractivity contribution >= 4 is 39.9 Å². The predicted octanol–water partition coefficient (Wildman–Crippen LogP) is 4.84. The van der Waals surface area contributed by atoms with Gasteiger partial charge in [-0.1, -0.05) is 20.8 Å². The molecule has 3 N–H and O–H groups in total. The van der Waals surface area contributed by atoms with Crippen molar-refractivity contribution in [2.75, 3.05) is 30.3 Å². The first-order valence-electron chi connectivity index (χ1n) is 11.7. The number of aromatic nitrogens is 1. The summed E-state index contributed by atoms with van der Waals surface area (Å²) in [5.74, 6) is 1.02. The third-order valence-corrected chi connectivity index (χ3v) is 7.00. The van der Waals surface area contributed by atoms with E-state index in [1.807, 2.05) is 6.07 Å². The van der Waals surface area contributed by atoms with Crippen LogP contribution >= 0.6 is 11.3 Å². The minimum absolute atomic E-state index is 0.0686. The van der Waals surface area contributed by atoms with E-state index in [-0.39, 0.29) is 23.7 Å². The van der Waals surface area contributed by atoms with Crippen LogP contribution in [-0.4, -0.2) is 47.4 Å². The van der Waals surface area contributed by atoms with Crippen molar-refractivity contribution in [3.8, 4) is 11.5 Å². The number of nitrogens with zero attached hydrogens (tertiary/aromatic N) is 2. The molecule has 0 atom stereocenters. The molecule has 1 fully saturated rings. The molecule has 0 spiro atoms. The zero-order valence-electron chi connectivity index (χ0n) is 20.5. The van der Waals surface area contributed by atoms with Crippen LogP contribution in [0.2, 0.25) is 0 Å². The van der Waals surface area contributed by atoms with E-state index in [1.54, 1.807) is 53.7 Å². The summed E-state index contributed by atoms with van der Waals surface area (Å²) in [6.45, 7) is 7.34. The molecule has 4 amide bonds. The number of rotatable bonds is 5. The molecule has 36 heavy (non-hydrogen) atoms. The van der Waals surface area contributed by atoms with Crippen molar-refractivity contribution in [3.05, 3.63) is 65.3 Å². The van der Waals surface area contributed by atoms with Crippen LogP contribution in [0.15, 0.2) is 54.9 Å². The third-order valence-electron chi connectivity index (χ3n) is 5.53. The zero-order chi connectivity index (χ0) is 25.7. The number of ether oxygens (including phenoxy) is 1. The highest BCUT2D eigenvalue weighted by Crippen LogP contribution is 2.37. The summed E-state index contributed by atoms with van der Waals surface area (Å²) in [6.07, 6.45) is 3.55. The van der Waals surface area contributed by atoms with Gasteiger partial charge >= 0.3 is 6.03 Å². The van der Waals surface area contributed by atoms with Gasteiger partial charge in [-0.15, -0.1) is 11.3 Å². The van der Waals surface area contributed by atoms with Crippen molar-refractivity contribution in [2.24, 2.45) is 0 Å². The Labute approximate surface area is 213 Å². The number of anilines is 2. The molecule has 0 bridgehead atoms. The van der Waals surface area contributed by atoms with Crippen LogP contribution in [0.5, 0.6) is 11.5 Å². The van der Waals surface area contributed by atoms with Crippen molar-refractivity contribution in [2.45, 2.75) is 32.6 Å². The summed E-state index contributed by atoms with van der Waals surface area (Å²) in [5.41, 5.74) is 0.805. The normalized spacial score (nSPS) is 14.0. The molecule has 2 aromatic heterocycles. The second-order valence-electron chi connectivity index (χ2n) is 9.38. The smallest absolute Gasteiger partial charge is 0.324 e. The average molecular weight is 508 g/mol. The minimum Gasteiger partial charge on any atom is -0.457 e. The standard InChI is InChI=1S/C26H29N5O4S/c1-26(2,3)21-16-20(24(33)31-14-10-22(32)28-13-15-31)23(36-21)30-25(34)29-17-4-6-18(7-5-17)35-19-8-11-27-12-9-19/h4-9,11-12,16H,10,13-15H2,1-3H3,(H,28,32)(H2,29,30,34).